The zero-order valence-electron chi connectivity index (χ0n) is 55.1. The lowest BCUT2D eigenvalue weighted by Gasteiger charge is -2.15. The first-order valence-corrected chi connectivity index (χ1v) is 35.7. The van der Waals surface area contributed by atoms with Crippen molar-refractivity contribution in [3.63, 3.8) is 0 Å². The summed E-state index contributed by atoms with van der Waals surface area (Å²) in [6.45, 7) is 3.94. The second-order valence-corrected chi connectivity index (χ2v) is 23.6. The Kier molecular flexibility index (Phi) is 69.8. The van der Waals surface area contributed by atoms with Gasteiger partial charge in [0.15, 0.2) is 6.10 Å². The van der Waals surface area contributed by atoms with Crippen LogP contribution in [0.3, 0.4) is 0 Å². The molecular formula is C79H134O5. The number of esters is 2. The van der Waals surface area contributed by atoms with Crippen LogP contribution in [0.1, 0.15) is 335 Å². The van der Waals surface area contributed by atoms with Crippen LogP contribution in [0.5, 0.6) is 0 Å². The zero-order chi connectivity index (χ0) is 60.5. The van der Waals surface area contributed by atoms with E-state index in [-0.39, 0.29) is 25.2 Å². The lowest BCUT2D eigenvalue weighted by Crippen LogP contribution is -2.28. The Morgan fingerprint density at radius 3 is 0.714 bits per heavy atom. The molecule has 480 valence electrons. The summed E-state index contributed by atoms with van der Waals surface area (Å²) in [5.74, 6) is -0.586. The monoisotopic (exact) mass is 1160 g/mol. The normalized spacial score (nSPS) is 13.0. The summed E-state index contributed by atoms with van der Waals surface area (Å²) in [6.07, 6.45) is 109. The molecule has 0 fully saturated rings. The van der Waals surface area contributed by atoms with Gasteiger partial charge in [-0.25, -0.2) is 0 Å². The van der Waals surface area contributed by atoms with Gasteiger partial charge in [0, 0.05) is 12.8 Å². The quantitative estimate of drug-likeness (QED) is 0.0373. The molecule has 0 saturated carbocycles. The van der Waals surface area contributed by atoms with Gasteiger partial charge in [-0.3, -0.25) is 9.59 Å². The first-order valence-electron chi connectivity index (χ1n) is 35.7. The third-order valence-corrected chi connectivity index (χ3v) is 15.4. The van der Waals surface area contributed by atoms with Gasteiger partial charge >= 0.3 is 11.9 Å². The maximum absolute atomic E-state index is 12.4. The molecule has 0 aliphatic heterocycles. The molecule has 0 aliphatic rings. The van der Waals surface area contributed by atoms with E-state index in [0.717, 1.165) is 109 Å². The van der Waals surface area contributed by atoms with Gasteiger partial charge in [-0.15, -0.1) is 0 Å². The predicted molar refractivity (Wildman–Crippen MR) is 371 cm³/mol. The van der Waals surface area contributed by atoms with Crippen molar-refractivity contribution >= 4 is 11.9 Å². The SMILES string of the molecule is CC/C=C\C/C=C\C/C=C\C/C=C\C/C=C\C/C=C\C/C=C\CCCCCCCCCCCCCC(=O)OC(CO)COC(=O)CCCCCCCCCCCCCCCCCCCCCCCCCC/C=C\C/C=C\C/C=C\C/C=C\CC. The number of hydrogen-bond acceptors (Lipinski definition) is 5. The lowest BCUT2D eigenvalue weighted by atomic mass is 10.0. The van der Waals surface area contributed by atoms with Crippen LogP contribution < -0.4 is 0 Å². The molecule has 0 bridgehead atoms. The van der Waals surface area contributed by atoms with E-state index in [1.54, 1.807) is 0 Å². The number of ether oxygens (including phenoxy) is 2. The van der Waals surface area contributed by atoms with E-state index in [9.17, 15) is 14.7 Å². The third kappa shape index (κ3) is 70.5. The highest BCUT2D eigenvalue weighted by Crippen LogP contribution is 2.18. The van der Waals surface area contributed by atoms with Gasteiger partial charge in [-0.2, -0.15) is 0 Å². The van der Waals surface area contributed by atoms with E-state index in [0.29, 0.717) is 12.8 Å². The highest BCUT2D eigenvalue weighted by Gasteiger charge is 2.16. The van der Waals surface area contributed by atoms with Crippen LogP contribution in [-0.2, 0) is 19.1 Å². The van der Waals surface area contributed by atoms with Crippen molar-refractivity contribution in [1.82, 2.24) is 0 Å². The van der Waals surface area contributed by atoms with Crippen molar-refractivity contribution in [1.29, 1.82) is 0 Å². The number of allylic oxidation sites excluding steroid dienone is 22. The zero-order valence-corrected chi connectivity index (χ0v) is 55.1. The van der Waals surface area contributed by atoms with Crippen molar-refractivity contribution in [2.24, 2.45) is 0 Å². The number of rotatable bonds is 65. The molecule has 0 spiro atoms. The summed E-state index contributed by atoms with van der Waals surface area (Å²) < 4.78 is 10.8. The molecule has 0 aromatic carbocycles. The van der Waals surface area contributed by atoms with Gasteiger partial charge in [0.05, 0.1) is 6.61 Å². The number of hydrogen-bond donors (Lipinski definition) is 1. The van der Waals surface area contributed by atoms with Crippen molar-refractivity contribution in [2.45, 2.75) is 341 Å². The minimum absolute atomic E-state index is 0.0693. The molecule has 0 saturated heterocycles. The van der Waals surface area contributed by atoms with Crippen LogP contribution >= 0.6 is 0 Å². The Bertz CT molecular complexity index is 1700. The minimum Gasteiger partial charge on any atom is -0.462 e. The lowest BCUT2D eigenvalue weighted by molar-refractivity contribution is -0.161. The smallest absolute Gasteiger partial charge is 0.306 e. The van der Waals surface area contributed by atoms with E-state index in [1.807, 2.05) is 0 Å². The van der Waals surface area contributed by atoms with Crippen molar-refractivity contribution in [2.75, 3.05) is 13.2 Å². The summed E-state index contributed by atoms with van der Waals surface area (Å²) in [6, 6.07) is 0. The second-order valence-electron chi connectivity index (χ2n) is 23.6. The molecule has 0 aliphatic carbocycles. The Labute approximate surface area is 521 Å². The van der Waals surface area contributed by atoms with Gasteiger partial charge in [0.1, 0.15) is 6.61 Å². The van der Waals surface area contributed by atoms with E-state index in [2.05, 4.69) is 148 Å². The summed E-state index contributed by atoms with van der Waals surface area (Å²) >= 11 is 0. The van der Waals surface area contributed by atoms with Crippen molar-refractivity contribution in [3.8, 4) is 0 Å². The van der Waals surface area contributed by atoms with E-state index >= 15 is 0 Å². The first-order chi connectivity index (χ1) is 41.6. The highest BCUT2D eigenvalue weighted by atomic mass is 16.6. The van der Waals surface area contributed by atoms with Crippen LogP contribution in [0.25, 0.3) is 0 Å². The number of aliphatic hydroxyl groups excluding tert-OH is 1. The average Bonchev–Trinajstić information content (AvgIpc) is 3.51. The molecule has 5 nitrogen and oxygen atoms in total. The van der Waals surface area contributed by atoms with E-state index in [1.165, 1.54) is 199 Å². The van der Waals surface area contributed by atoms with Crippen LogP contribution in [0, 0.1) is 0 Å². The molecule has 0 amide bonds. The van der Waals surface area contributed by atoms with Crippen molar-refractivity contribution in [3.05, 3.63) is 134 Å². The molecule has 0 heterocycles. The number of aliphatic hydroxyl groups is 1. The van der Waals surface area contributed by atoms with Gasteiger partial charge in [0.2, 0.25) is 0 Å². The largest absolute Gasteiger partial charge is 0.462 e. The summed E-state index contributed by atoms with van der Waals surface area (Å²) in [5, 5.41) is 9.71. The fraction of sp³-hybridized carbons (Fsp3) is 0.696. The van der Waals surface area contributed by atoms with Gasteiger partial charge < -0.3 is 14.6 Å². The van der Waals surface area contributed by atoms with E-state index < -0.39 is 6.10 Å². The number of carbonyl (C=O) groups is 2. The topological polar surface area (TPSA) is 72.8 Å². The second kappa shape index (κ2) is 73.3. The Hall–Kier alpha value is -3.96. The summed E-state index contributed by atoms with van der Waals surface area (Å²) in [7, 11) is 0. The first kappa shape index (κ1) is 80.0. The van der Waals surface area contributed by atoms with Gasteiger partial charge in [0.25, 0.3) is 0 Å². The number of unbranched alkanes of at least 4 members (excludes halogenated alkanes) is 35. The minimum atomic E-state index is -0.781. The van der Waals surface area contributed by atoms with Crippen LogP contribution in [0.4, 0.5) is 0 Å². The molecule has 0 aromatic heterocycles. The Balaban J connectivity index is 3.46. The molecule has 0 aromatic rings. The van der Waals surface area contributed by atoms with Crippen LogP contribution in [0.15, 0.2) is 134 Å². The summed E-state index contributed by atoms with van der Waals surface area (Å²) in [5.41, 5.74) is 0. The third-order valence-electron chi connectivity index (χ3n) is 15.4. The van der Waals surface area contributed by atoms with Crippen LogP contribution in [0.2, 0.25) is 0 Å². The molecule has 1 N–H and O–H groups in total. The highest BCUT2D eigenvalue weighted by molar-refractivity contribution is 5.70. The Morgan fingerprint density at radius 2 is 0.476 bits per heavy atom. The molecule has 5 heteroatoms. The van der Waals surface area contributed by atoms with Gasteiger partial charge in [-0.05, 0) is 109 Å². The predicted octanol–water partition coefficient (Wildman–Crippen LogP) is 25.1. The maximum Gasteiger partial charge on any atom is 0.306 e. The Morgan fingerprint density at radius 1 is 0.274 bits per heavy atom. The molecule has 84 heavy (non-hydrogen) atoms. The molecule has 0 radical (unpaired) electrons. The number of carbonyl (C=O) groups excluding carboxylic acids is 2. The molecule has 1 unspecified atom stereocenters. The molecule has 1 atom stereocenters. The fourth-order valence-corrected chi connectivity index (χ4v) is 10.2. The average molecular weight is 1160 g/mol. The van der Waals surface area contributed by atoms with E-state index in [4.69, 9.17) is 9.47 Å². The van der Waals surface area contributed by atoms with Gasteiger partial charge in [-0.1, -0.05) is 347 Å². The molecular weight excluding hydrogens is 1030 g/mol. The molecule has 0 rings (SSSR count). The van der Waals surface area contributed by atoms with Crippen LogP contribution in [-0.4, -0.2) is 36.4 Å². The summed E-state index contributed by atoms with van der Waals surface area (Å²) in [4.78, 5) is 24.7. The standard InChI is InChI=1S/C79H134O5/c1-3-5-7-9-11-13-15-17-19-21-23-25-27-29-31-33-35-37-38-39-40-42-43-45-47-49-51-53-55-57-59-61-63-65-67-69-71-73-78(81)83-76-77(75-80)84-79(82)74-72-70-68-66-64-62-60-58-56-54-52-50-48-46-44-41-36-34-32-30-28-26-24-22-20-18-16-14-12-10-8-6-4-2/h5-8,11-14,17-20,23-26,30,32,36,41,46,48,77,80H,3-4,9-10,15-16,21-22,27-29,31,33-35,37-40,42-45,47,49-76H2,1-2H3/b7-5-,8-6-,13-11-,14-12-,19-17-,20-18-,25-23-,26-24-,32-30-,41-36-,48-46-. The maximum atomic E-state index is 12.4. The van der Waals surface area contributed by atoms with Crippen molar-refractivity contribution < 1.29 is 24.2 Å². The fourth-order valence-electron chi connectivity index (χ4n) is 10.2.